The van der Waals surface area contributed by atoms with Crippen LogP contribution in [0.4, 0.5) is 21.9 Å². The molecule has 0 aromatic heterocycles. The Morgan fingerprint density at radius 1 is 1.04 bits per heavy atom. The molecule has 1 aliphatic heterocycles. The third kappa shape index (κ3) is 4.48. The fraction of sp³-hybridized carbons (Fsp3) is 0.381. The van der Waals surface area contributed by atoms with Crippen LogP contribution in [0, 0.1) is 13.8 Å². The topological polar surface area (TPSA) is 38.8 Å². The molecule has 0 unspecified atom stereocenters. The number of aryl methyl sites for hydroxylation is 2. The summed E-state index contributed by atoms with van der Waals surface area (Å²) in [6.45, 7) is 6.96. The molecule has 0 atom stereocenters. The average molecular weight is 387 g/mol. The Hall–Kier alpha value is -2.40. The molecule has 3 rings (SSSR count). The highest BCUT2D eigenvalue weighted by atomic mass is 35.5. The molecular weight excluding hydrogens is 360 g/mol. The molecule has 2 aromatic rings. The van der Waals surface area contributed by atoms with Crippen LogP contribution in [0.2, 0.25) is 5.02 Å². The van der Waals surface area contributed by atoms with Gasteiger partial charge in [0, 0.05) is 51.6 Å². The van der Waals surface area contributed by atoms with Crippen molar-refractivity contribution in [1.82, 2.24) is 4.90 Å². The van der Waals surface area contributed by atoms with Gasteiger partial charge in [-0.25, -0.2) is 4.79 Å². The molecule has 27 heavy (non-hydrogen) atoms. The number of rotatable bonds is 3. The molecular formula is C21H27ClN4O. The van der Waals surface area contributed by atoms with Crippen LogP contribution < -0.4 is 15.1 Å². The van der Waals surface area contributed by atoms with E-state index >= 15 is 0 Å². The molecule has 144 valence electrons. The van der Waals surface area contributed by atoms with Crippen LogP contribution in [0.15, 0.2) is 36.4 Å². The molecule has 0 aliphatic carbocycles. The van der Waals surface area contributed by atoms with Gasteiger partial charge in [0.25, 0.3) is 0 Å². The second kappa shape index (κ2) is 8.09. The van der Waals surface area contributed by atoms with E-state index in [1.807, 2.05) is 45.0 Å². The summed E-state index contributed by atoms with van der Waals surface area (Å²) in [6, 6.07) is 12.3. The maximum atomic E-state index is 12.7. The van der Waals surface area contributed by atoms with Crippen LogP contribution in [0.25, 0.3) is 0 Å². The monoisotopic (exact) mass is 386 g/mol. The van der Waals surface area contributed by atoms with Gasteiger partial charge in [0.05, 0.1) is 10.7 Å². The highest BCUT2D eigenvalue weighted by Crippen LogP contribution is 2.28. The fourth-order valence-electron chi connectivity index (χ4n) is 3.39. The number of nitrogens with zero attached hydrogens (tertiary/aromatic N) is 3. The zero-order chi connectivity index (χ0) is 19.6. The molecule has 0 saturated carbocycles. The number of carbonyl (C=O) groups excluding carboxylic acids is 1. The van der Waals surface area contributed by atoms with E-state index in [4.69, 9.17) is 11.6 Å². The van der Waals surface area contributed by atoms with E-state index in [1.54, 1.807) is 0 Å². The minimum Gasteiger partial charge on any atom is -0.378 e. The van der Waals surface area contributed by atoms with Gasteiger partial charge in [-0.3, -0.25) is 0 Å². The second-order valence-electron chi connectivity index (χ2n) is 7.25. The molecule has 1 saturated heterocycles. The molecule has 0 bridgehead atoms. The number of anilines is 3. The molecule has 1 fully saturated rings. The standard InChI is InChI=1S/C21H27ClN4O/c1-15-13-16(2)20(19(22)14-15)23-21(27)26-11-9-25(10-12-26)18-7-5-17(6-8-18)24(3)4/h5-8,13-14H,9-12H2,1-4H3,(H,23,27). The van der Waals surface area contributed by atoms with Gasteiger partial charge in [-0.2, -0.15) is 0 Å². The Bertz CT molecular complexity index is 788. The zero-order valence-corrected chi connectivity index (χ0v) is 17.2. The summed E-state index contributed by atoms with van der Waals surface area (Å²) < 4.78 is 0. The second-order valence-corrected chi connectivity index (χ2v) is 7.66. The zero-order valence-electron chi connectivity index (χ0n) is 16.4. The minimum absolute atomic E-state index is 0.0912. The predicted molar refractivity (Wildman–Crippen MR) is 114 cm³/mol. The Morgan fingerprint density at radius 3 is 2.22 bits per heavy atom. The summed E-state index contributed by atoms with van der Waals surface area (Å²) in [7, 11) is 4.07. The Kier molecular flexibility index (Phi) is 5.80. The summed E-state index contributed by atoms with van der Waals surface area (Å²) >= 11 is 6.31. The smallest absolute Gasteiger partial charge is 0.322 e. The van der Waals surface area contributed by atoms with Gasteiger partial charge in [-0.05, 0) is 55.3 Å². The normalized spacial score (nSPS) is 14.3. The van der Waals surface area contributed by atoms with Crippen LogP contribution in [0.3, 0.4) is 0 Å². The third-order valence-corrected chi connectivity index (χ3v) is 5.26. The number of carbonyl (C=O) groups is 1. The van der Waals surface area contributed by atoms with E-state index in [9.17, 15) is 4.79 Å². The minimum atomic E-state index is -0.0912. The van der Waals surface area contributed by atoms with Gasteiger partial charge in [-0.15, -0.1) is 0 Å². The number of nitrogens with one attached hydrogen (secondary N) is 1. The average Bonchev–Trinajstić information content (AvgIpc) is 2.64. The van der Waals surface area contributed by atoms with E-state index in [1.165, 1.54) is 11.4 Å². The molecule has 2 amide bonds. The lowest BCUT2D eigenvalue weighted by Crippen LogP contribution is -2.50. The quantitative estimate of drug-likeness (QED) is 0.850. The summed E-state index contributed by atoms with van der Waals surface area (Å²) in [5.74, 6) is 0. The Morgan fingerprint density at radius 2 is 1.67 bits per heavy atom. The van der Waals surface area contributed by atoms with Crippen molar-refractivity contribution < 1.29 is 4.79 Å². The molecule has 5 nitrogen and oxygen atoms in total. The van der Waals surface area contributed by atoms with Gasteiger partial charge < -0.3 is 20.0 Å². The van der Waals surface area contributed by atoms with Crippen LogP contribution in [0.1, 0.15) is 11.1 Å². The van der Waals surface area contributed by atoms with Crippen molar-refractivity contribution in [1.29, 1.82) is 0 Å². The van der Waals surface area contributed by atoms with Crippen LogP contribution in [-0.4, -0.2) is 51.2 Å². The third-order valence-electron chi connectivity index (χ3n) is 4.96. The lowest BCUT2D eigenvalue weighted by atomic mass is 10.1. The summed E-state index contributed by atoms with van der Waals surface area (Å²) in [5.41, 5.74) is 5.14. The number of benzene rings is 2. The molecule has 6 heteroatoms. The highest BCUT2D eigenvalue weighted by Gasteiger charge is 2.22. The van der Waals surface area contributed by atoms with Crippen molar-refractivity contribution in [2.75, 3.05) is 55.4 Å². The first-order chi connectivity index (χ1) is 12.8. The maximum absolute atomic E-state index is 12.7. The summed E-state index contributed by atoms with van der Waals surface area (Å²) in [5, 5.41) is 3.56. The van der Waals surface area contributed by atoms with Gasteiger partial charge in [0.15, 0.2) is 0 Å². The largest absolute Gasteiger partial charge is 0.378 e. The van der Waals surface area contributed by atoms with Gasteiger partial charge >= 0.3 is 6.03 Å². The number of urea groups is 1. The van der Waals surface area contributed by atoms with Crippen molar-refractivity contribution in [3.8, 4) is 0 Å². The van der Waals surface area contributed by atoms with E-state index in [0.717, 1.165) is 24.2 Å². The lowest BCUT2D eigenvalue weighted by Gasteiger charge is -2.36. The maximum Gasteiger partial charge on any atom is 0.322 e. The molecule has 1 N–H and O–H groups in total. The first-order valence-corrected chi connectivity index (χ1v) is 9.58. The van der Waals surface area contributed by atoms with E-state index in [-0.39, 0.29) is 6.03 Å². The number of piperazine rings is 1. The molecule has 0 spiro atoms. The number of halogens is 1. The van der Waals surface area contributed by atoms with E-state index in [0.29, 0.717) is 23.8 Å². The number of hydrogen-bond donors (Lipinski definition) is 1. The predicted octanol–water partition coefficient (Wildman–Crippen LogP) is 4.38. The van der Waals surface area contributed by atoms with Crippen LogP contribution in [0.5, 0.6) is 0 Å². The first kappa shape index (κ1) is 19.4. The molecule has 1 aliphatic rings. The van der Waals surface area contributed by atoms with Gasteiger partial charge in [0.2, 0.25) is 0 Å². The fourth-order valence-corrected chi connectivity index (χ4v) is 3.76. The van der Waals surface area contributed by atoms with Gasteiger partial charge in [-0.1, -0.05) is 17.7 Å². The Balaban J connectivity index is 1.59. The Labute approximate surface area is 166 Å². The van der Waals surface area contributed by atoms with E-state index < -0.39 is 0 Å². The molecule has 0 radical (unpaired) electrons. The summed E-state index contributed by atoms with van der Waals surface area (Å²) in [4.78, 5) is 18.9. The van der Waals surface area contributed by atoms with Crippen molar-refractivity contribution in [2.24, 2.45) is 0 Å². The molecule has 1 heterocycles. The van der Waals surface area contributed by atoms with E-state index in [2.05, 4.69) is 39.4 Å². The first-order valence-electron chi connectivity index (χ1n) is 9.20. The van der Waals surface area contributed by atoms with Crippen LogP contribution >= 0.6 is 11.6 Å². The van der Waals surface area contributed by atoms with Crippen molar-refractivity contribution in [3.05, 3.63) is 52.5 Å². The van der Waals surface area contributed by atoms with Gasteiger partial charge in [0.1, 0.15) is 0 Å². The SMILES string of the molecule is Cc1cc(C)c(NC(=O)N2CCN(c3ccc(N(C)C)cc3)CC2)c(Cl)c1. The van der Waals surface area contributed by atoms with Crippen molar-refractivity contribution in [3.63, 3.8) is 0 Å². The van der Waals surface area contributed by atoms with Crippen molar-refractivity contribution >= 4 is 34.7 Å². The lowest BCUT2D eigenvalue weighted by molar-refractivity contribution is 0.208. The highest BCUT2D eigenvalue weighted by molar-refractivity contribution is 6.34. The van der Waals surface area contributed by atoms with Crippen LogP contribution in [-0.2, 0) is 0 Å². The molecule has 2 aromatic carbocycles. The van der Waals surface area contributed by atoms with Crippen molar-refractivity contribution in [2.45, 2.75) is 13.8 Å². The number of hydrogen-bond acceptors (Lipinski definition) is 3. The summed E-state index contributed by atoms with van der Waals surface area (Å²) in [6.07, 6.45) is 0. The number of amides is 2.